The van der Waals surface area contributed by atoms with Gasteiger partial charge in [0.1, 0.15) is 0 Å². The molecule has 0 unspecified atom stereocenters. The second kappa shape index (κ2) is 4.96. The van der Waals surface area contributed by atoms with E-state index < -0.39 is 0 Å². The van der Waals surface area contributed by atoms with Crippen LogP contribution in [0, 0.1) is 5.92 Å². The van der Waals surface area contributed by atoms with Crippen molar-refractivity contribution in [1.82, 2.24) is 0 Å². The summed E-state index contributed by atoms with van der Waals surface area (Å²) in [6.07, 6.45) is 6.68. The second-order valence-corrected chi connectivity index (χ2v) is 3.69. The highest BCUT2D eigenvalue weighted by Gasteiger charge is 2.17. The number of hydrogen-bond donors (Lipinski definition) is 2. The smallest absolute Gasteiger partial charge is 0.0616 e. The van der Waals surface area contributed by atoms with Gasteiger partial charge in [0.2, 0.25) is 0 Å². The molecule has 0 spiro atoms. The first-order valence-electron chi connectivity index (χ1n) is 5.06. The van der Waals surface area contributed by atoms with E-state index in [2.05, 4.69) is 11.9 Å². The third-order valence-electron chi connectivity index (χ3n) is 2.43. The lowest BCUT2D eigenvalue weighted by Crippen LogP contribution is -2.29. The molecule has 1 aliphatic carbocycles. The van der Waals surface area contributed by atoms with Gasteiger partial charge in [0.25, 0.3) is 0 Å². The third kappa shape index (κ3) is 2.70. The number of allylic oxidation sites excluding steroid dienone is 3. The molecule has 14 heavy (non-hydrogen) atoms. The van der Waals surface area contributed by atoms with E-state index in [1.807, 2.05) is 25.3 Å². The number of nitrogens with zero attached hydrogens (tertiary/aromatic N) is 1. The fourth-order valence-electron chi connectivity index (χ4n) is 1.65. The molecule has 0 amide bonds. The molecule has 1 rings (SSSR count). The van der Waals surface area contributed by atoms with Crippen molar-refractivity contribution in [2.45, 2.75) is 26.3 Å². The molecule has 1 aliphatic rings. The first-order chi connectivity index (χ1) is 6.65. The minimum atomic E-state index is -0.0608. The Balaban J connectivity index is 2.71. The molecule has 0 radical (unpaired) electrons. The number of hydrogen-bond acceptors (Lipinski definition) is 3. The zero-order chi connectivity index (χ0) is 10.6. The van der Waals surface area contributed by atoms with Crippen molar-refractivity contribution in [2.75, 3.05) is 6.54 Å². The van der Waals surface area contributed by atoms with Gasteiger partial charge < -0.3 is 11.5 Å². The molecule has 2 atom stereocenters. The van der Waals surface area contributed by atoms with Gasteiger partial charge in [-0.05, 0) is 30.9 Å². The molecule has 0 saturated heterocycles. The minimum Gasteiger partial charge on any atom is -0.402 e. The van der Waals surface area contributed by atoms with Crippen LogP contribution in [0.1, 0.15) is 20.3 Å². The van der Waals surface area contributed by atoms with Gasteiger partial charge in [-0.1, -0.05) is 13.0 Å². The SMILES string of the molecule is CCN=C[C@H](N)C1=CC=C(N)C[C@@H]1C. The van der Waals surface area contributed by atoms with Gasteiger partial charge in [-0.25, -0.2) is 0 Å². The van der Waals surface area contributed by atoms with Gasteiger partial charge in [0, 0.05) is 18.5 Å². The number of aliphatic imine (C=N–C) groups is 1. The van der Waals surface area contributed by atoms with Crippen molar-refractivity contribution in [1.29, 1.82) is 0 Å². The Kier molecular flexibility index (Phi) is 3.89. The van der Waals surface area contributed by atoms with E-state index in [1.54, 1.807) is 0 Å². The Hall–Kier alpha value is -1.09. The van der Waals surface area contributed by atoms with Crippen LogP contribution in [0.4, 0.5) is 0 Å². The molecular weight excluding hydrogens is 174 g/mol. The van der Waals surface area contributed by atoms with Crippen LogP contribution in [0.2, 0.25) is 0 Å². The predicted octanol–water partition coefficient (Wildman–Crippen LogP) is 1.21. The molecule has 0 bridgehead atoms. The van der Waals surface area contributed by atoms with E-state index in [9.17, 15) is 0 Å². The molecule has 4 N–H and O–H groups in total. The van der Waals surface area contributed by atoms with Gasteiger partial charge in [-0.2, -0.15) is 0 Å². The zero-order valence-corrected chi connectivity index (χ0v) is 8.90. The lowest BCUT2D eigenvalue weighted by Gasteiger charge is -2.22. The maximum atomic E-state index is 5.98. The van der Waals surface area contributed by atoms with Crippen molar-refractivity contribution < 1.29 is 0 Å². The molecule has 0 saturated carbocycles. The minimum absolute atomic E-state index is 0.0608. The lowest BCUT2D eigenvalue weighted by molar-refractivity contribution is 0.628. The molecule has 0 aromatic rings. The molecule has 3 heteroatoms. The predicted molar refractivity (Wildman–Crippen MR) is 61.1 cm³/mol. The summed E-state index contributed by atoms with van der Waals surface area (Å²) in [6, 6.07) is -0.0608. The third-order valence-corrected chi connectivity index (χ3v) is 2.43. The molecule has 0 aromatic carbocycles. The fourth-order valence-corrected chi connectivity index (χ4v) is 1.65. The molecule has 0 aliphatic heterocycles. The van der Waals surface area contributed by atoms with E-state index in [-0.39, 0.29) is 6.04 Å². The Morgan fingerprint density at radius 1 is 1.64 bits per heavy atom. The van der Waals surface area contributed by atoms with Crippen molar-refractivity contribution >= 4 is 6.21 Å². The topological polar surface area (TPSA) is 64.4 Å². The maximum absolute atomic E-state index is 5.98. The highest BCUT2D eigenvalue weighted by molar-refractivity contribution is 5.69. The molecule has 0 aromatic heterocycles. The summed E-state index contributed by atoms with van der Waals surface area (Å²) in [7, 11) is 0. The van der Waals surface area contributed by atoms with Crippen LogP contribution < -0.4 is 11.5 Å². The maximum Gasteiger partial charge on any atom is 0.0616 e. The number of nitrogens with two attached hydrogens (primary N) is 2. The Morgan fingerprint density at radius 3 is 2.93 bits per heavy atom. The van der Waals surface area contributed by atoms with Gasteiger partial charge in [0.15, 0.2) is 0 Å². The van der Waals surface area contributed by atoms with Crippen molar-refractivity contribution in [3.05, 3.63) is 23.4 Å². The standard InChI is InChI=1S/C11H19N3/c1-3-14-7-11(13)10-5-4-9(12)6-8(10)2/h4-5,7-8,11H,3,6,12-13H2,1-2H3/t8-,11-/m0/s1. The largest absolute Gasteiger partial charge is 0.402 e. The summed E-state index contributed by atoms with van der Waals surface area (Å²) < 4.78 is 0. The summed E-state index contributed by atoms with van der Waals surface area (Å²) in [6.45, 7) is 4.93. The molecule has 0 fully saturated rings. The van der Waals surface area contributed by atoms with E-state index in [0.717, 1.165) is 18.7 Å². The Morgan fingerprint density at radius 2 is 2.36 bits per heavy atom. The first-order valence-corrected chi connectivity index (χ1v) is 5.06. The van der Waals surface area contributed by atoms with E-state index >= 15 is 0 Å². The van der Waals surface area contributed by atoms with Gasteiger partial charge >= 0.3 is 0 Å². The zero-order valence-electron chi connectivity index (χ0n) is 8.90. The van der Waals surface area contributed by atoms with Crippen LogP contribution in [-0.2, 0) is 0 Å². The van der Waals surface area contributed by atoms with Crippen molar-refractivity contribution in [3.8, 4) is 0 Å². The van der Waals surface area contributed by atoms with Gasteiger partial charge in [-0.3, -0.25) is 4.99 Å². The highest BCUT2D eigenvalue weighted by Crippen LogP contribution is 2.23. The molecule has 78 valence electrons. The van der Waals surface area contributed by atoms with Crippen molar-refractivity contribution in [2.24, 2.45) is 22.4 Å². The monoisotopic (exact) mass is 193 g/mol. The van der Waals surface area contributed by atoms with Gasteiger partial charge in [-0.15, -0.1) is 0 Å². The first kappa shape index (κ1) is 11.0. The van der Waals surface area contributed by atoms with Crippen LogP contribution >= 0.6 is 0 Å². The summed E-state index contributed by atoms with van der Waals surface area (Å²) in [5.41, 5.74) is 13.9. The highest BCUT2D eigenvalue weighted by atomic mass is 14.8. The second-order valence-electron chi connectivity index (χ2n) is 3.69. The normalized spacial score (nSPS) is 24.6. The summed E-state index contributed by atoms with van der Waals surface area (Å²) in [5.74, 6) is 0.429. The van der Waals surface area contributed by atoms with Gasteiger partial charge in [0.05, 0.1) is 6.04 Å². The van der Waals surface area contributed by atoms with E-state index in [1.165, 1.54) is 5.57 Å². The fraction of sp³-hybridized carbons (Fsp3) is 0.545. The lowest BCUT2D eigenvalue weighted by atomic mass is 9.87. The Labute approximate surface area is 85.6 Å². The molecule has 0 heterocycles. The summed E-state index contributed by atoms with van der Waals surface area (Å²) >= 11 is 0. The molecular formula is C11H19N3. The van der Waals surface area contributed by atoms with E-state index in [0.29, 0.717) is 5.92 Å². The quantitative estimate of drug-likeness (QED) is 0.662. The van der Waals surface area contributed by atoms with Crippen LogP contribution in [0.25, 0.3) is 0 Å². The van der Waals surface area contributed by atoms with Crippen molar-refractivity contribution in [3.63, 3.8) is 0 Å². The van der Waals surface area contributed by atoms with Crippen LogP contribution in [0.3, 0.4) is 0 Å². The average Bonchev–Trinajstić information content (AvgIpc) is 2.14. The average molecular weight is 193 g/mol. The summed E-state index contributed by atoms with van der Waals surface area (Å²) in [5, 5.41) is 0. The summed E-state index contributed by atoms with van der Waals surface area (Å²) in [4.78, 5) is 4.16. The van der Waals surface area contributed by atoms with Crippen LogP contribution in [-0.4, -0.2) is 18.8 Å². The van der Waals surface area contributed by atoms with E-state index in [4.69, 9.17) is 11.5 Å². The Bertz CT molecular complexity index is 276. The van der Waals surface area contributed by atoms with Crippen LogP contribution in [0.5, 0.6) is 0 Å². The van der Waals surface area contributed by atoms with Crippen LogP contribution in [0.15, 0.2) is 28.4 Å². The number of rotatable bonds is 3. The molecule has 3 nitrogen and oxygen atoms in total.